The maximum Gasteiger partial charge on any atom is 0.280 e. The summed E-state index contributed by atoms with van der Waals surface area (Å²) in [4.78, 5) is 17.7. The fraction of sp³-hybridized carbons (Fsp3) is 0.357. The van der Waals surface area contributed by atoms with Gasteiger partial charge in [0.2, 0.25) is 0 Å². The van der Waals surface area contributed by atoms with Crippen LogP contribution in [0.5, 0.6) is 0 Å². The van der Waals surface area contributed by atoms with Crippen LogP contribution in [0.15, 0.2) is 71.5 Å². The highest BCUT2D eigenvalue weighted by Gasteiger charge is 2.29. The highest BCUT2D eigenvalue weighted by atomic mass is 16.3. The van der Waals surface area contributed by atoms with Crippen LogP contribution in [-0.4, -0.2) is 88.2 Å². The van der Waals surface area contributed by atoms with E-state index in [-0.39, 0.29) is 12.5 Å². The van der Waals surface area contributed by atoms with Gasteiger partial charge in [-0.3, -0.25) is 14.6 Å². The first kappa shape index (κ1) is 24.4. The second-order valence-corrected chi connectivity index (χ2v) is 9.47. The molecule has 2 N–H and O–H groups in total. The van der Waals surface area contributed by atoms with Crippen molar-refractivity contribution in [1.29, 1.82) is 0 Å². The fourth-order valence-corrected chi connectivity index (χ4v) is 5.04. The summed E-state index contributed by atoms with van der Waals surface area (Å²) in [5.74, 6) is -0.143. The summed E-state index contributed by atoms with van der Waals surface area (Å²) in [7, 11) is 0. The summed E-state index contributed by atoms with van der Waals surface area (Å²) >= 11 is 0. The van der Waals surface area contributed by atoms with Gasteiger partial charge in [0.15, 0.2) is 0 Å². The quantitative estimate of drug-likeness (QED) is 0.477. The normalized spacial score (nSPS) is 19.4. The van der Waals surface area contributed by atoms with Crippen molar-refractivity contribution in [3.05, 3.63) is 71.9 Å². The third kappa shape index (κ3) is 5.12. The molecule has 3 heterocycles. The number of amides is 1. The number of aliphatic hydroxyl groups excluding tert-OH is 2. The van der Waals surface area contributed by atoms with Gasteiger partial charge in [0.05, 0.1) is 29.7 Å². The van der Waals surface area contributed by atoms with E-state index in [1.165, 1.54) is 5.01 Å². The van der Waals surface area contributed by atoms with E-state index < -0.39 is 6.10 Å². The summed E-state index contributed by atoms with van der Waals surface area (Å²) in [6.45, 7) is 7.42. The molecule has 1 amide bonds. The maximum atomic E-state index is 13.2. The van der Waals surface area contributed by atoms with E-state index in [0.29, 0.717) is 30.9 Å². The summed E-state index contributed by atoms with van der Waals surface area (Å²) in [6.07, 6.45) is 3.41. The lowest BCUT2D eigenvalue weighted by Crippen LogP contribution is -2.49. The van der Waals surface area contributed by atoms with Crippen LogP contribution < -0.4 is 5.01 Å². The number of piperazine rings is 1. The number of carbonyl (C=O) groups is 1. The number of β-amino-alcohol motifs (C(OH)–C–C–N with tert-alkyl or cyclic N) is 2. The minimum absolute atomic E-state index is 0.143. The van der Waals surface area contributed by atoms with Crippen molar-refractivity contribution in [3.63, 3.8) is 0 Å². The Hall–Kier alpha value is -3.30. The largest absolute Gasteiger partial charge is 0.395 e. The number of anilines is 1. The molecule has 2 aromatic carbocycles. The van der Waals surface area contributed by atoms with Gasteiger partial charge in [0, 0.05) is 68.5 Å². The molecule has 0 spiro atoms. The van der Waals surface area contributed by atoms with Crippen molar-refractivity contribution < 1.29 is 15.0 Å². The Balaban J connectivity index is 1.33. The molecule has 8 heteroatoms. The molecule has 5 rings (SSSR count). The number of aromatic nitrogens is 1. The Bertz CT molecular complexity index is 1270. The molecule has 188 valence electrons. The SMILES string of the molecule is CC1=NN(c2ccccc2)C(=O)C1=Cc1cn(CC(O)CN2CCN(CCO)CC2)c2ccccc12. The third-order valence-electron chi connectivity index (χ3n) is 6.94. The zero-order chi connectivity index (χ0) is 25.1. The molecule has 36 heavy (non-hydrogen) atoms. The van der Waals surface area contributed by atoms with Gasteiger partial charge in [-0.2, -0.15) is 10.1 Å². The molecule has 0 saturated carbocycles. The summed E-state index contributed by atoms with van der Waals surface area (Å²) < 4.78 is 2.08. The number of rotatable bonds is 8. The summed E-state index contributed by atoms with van der Waals surface area (Å²) in [5.41, 5.74) is 3.96. The number of fused-ring (bicyclic) bond motifs is 1. The number of carbonyl (C=O) groups excluding carboxylic acids is 1. The maximum absolute atomic E-state index is 13.2. The topological polar surface area (TPSA) is 84.5 Å². The minimum atomic E-state index is -0.518. The first-order valence-electron chi connectivity index (χ1n) is 12.5. The lowest BCUT2D eigenvalue weighted by molar-refractivity contribution is -0.114. The van der Waals surface area contributed by atoms with Gasteiger partial charge < -0.3 is 14.8 Å². The van der Waals surface area contributed by atoms with Crippen molar-refractivity contribution in [2.75, 3.05) is 50.9 Å². The zero-order valence-corrected chi connectivity index (χ0v) is 20.6. The van der Waals surface area contributed by atoms with Gasteiger partial charge in [-0.1, -0.05) is 36.4 Å². The Labute approximate surface area is 211 Å². The van der Waals surface area contributed by atoms with Crippen molar-refractivity contribution in [3.8, 4) is 0 Å². The molecule has 2 aliphatic heterocycles. The van der Waals surface area contributed by atoms with Crippen LogP contribution in [-0.2, 0) is 11.3 Å². The predicted octanol–water partition coefficient (Wildman–Crippen LogP) is 2.42. The van der Waals surface area contributed by atoms with E-state index in [0.717, 1.165) is 48.3 Å². The van der Waals surface area contributed by atoms with Crippen molar-refractivity contribution in [1.82, 2.24) is 14.4 Å². The molecular weight excluding hydrogens is 454 g/mol. The molecule has 0 bridgehead atoms. The molecule has 0 aliphatic carbocycles. The van der Waals surface area contributed by atoms with Gasteiger partial charge in [0.1, 0.15) is 0 Å². The van der Waals surface area contributed by atoms with Gasteiger partial charge in [-0.05, 0) is 31.2 Å². The van der Waals surface area contributed by atoms with E-state index in [1.54, 1.807) is 0 Å². The second kappa shape index (κ2) is 10.8. The molecular formula is C28H33N5O3. The van der Waals surface area contributed by atoms with Crippen molar-refractivity contribution >= 4 is 34.3 Å². The Morgan fingerprint density at radius 3 is 2.42 bits per heavy atom. The molecule has 1 atom stereocenters. The smallest absolute Gasteiger partial charge is 0.280 e. The van der Waals surface area contributed by atoms with Gasteiger partial charge in [0.25, 0.3) is 5.91 Å². The summed E-state index contributed by atoms with van der Waals surface area (Å²) in [5, 5.41) is 27.0. The van der Waals surface area contributed by atoms with E-state index in [4.69, 9.17) is 5.11 Å². The first-order chi connectivity index (χ1) is 17.5. The van der Waals surface area contributed by atoms with Crippen molar-refractivity contribution in [2.24, 2.45) is 5.10 Å². The average molecular weight is 488 g/mol. The highest BCUT2D eigenvalue weighted by molar-refractivity contribution is 6.32. The van der Waals surface area contributed by atoms with Crippen LogP contribution in [0.2, 0.25) is 0 Å². The lowest BCUT2D eigenvalue weighted by Gasteiger charge is -2.35. The lowest BCUT2D eigenvalue weighted by atomic mass is 10.1. The molecule has 0 radical (unpaired) electrons. The fourth-order valence-electron chi connectivity index (χ4n) is 5.04. The van der Waals surface area contributed by atoms with Gasteiger partial charge in [-0.25, -0.2) is 0 Å². The second-order valence-electron chi connectivity index (χ2n) is 9.47. The summed E-state index contributed by atoms with van der Waals surface area (Å²) in [6, 6.07) is 17.5. The van der Waals surface area contributed by atoms with E-state index in [9.17, 15) is 9.90 Å². The zero-order valence-electron chi connectivity index (χ0n) is 20.6. The number of nitrogens with zero attached hydrogens (tertiary/aromatic N) is 5. The average Bonchev–Trinajstić information content (AvgIpc) is 3.38. The number of hydrazone groups is 1. The minimum Gasteiger partial charge on any atom is -0.395 e. The molecule has 1 unspecified atom stereocenters. The first-order valence-corrected chi connectivity index (χ1v) is 12.5. The standard InChI is InChI=1S/C28H33N5O3/c1-21-26(28(36)33(29-21)23-7-3-2-4-8-23)17-22-18-32(27-10-6-5-9-25(22)27)20-24(35)19-31-13-11-30(12-14-31)15-16-34/h2-10,17-18,24,34-35H,11-16,19-20H2,1H3. The number of aliphatic hydroxyl groups is 2. The molecule has 1 saturated heterocycles. The molecule has 2 aliphatic rings. The van der Waals surface area contributed by atoms with E-state index >= 15 is 0 Å². The van der Waals surface area contributed by atoms with Crippen LogP contribution in [0.3, 0.4) is 0 Å². The Morgan fingerprint density at radius 1 is 0.972 bits per heavy atom. The van der Waals surface area contributed by atoms with Crippen LogP contribution in [0.4, 0.5) is 5.69 Å². The molecule has 8 nitrogen and oxygen atoms in total. The van der Waals surface area contributed by atoms with Gasteiger partial charge >= 0.3 is 0 Å². The molecule has 3 aromatic rings. The number of benzene rings is 2. The monoisotopic (exact) mass is 487 g/mol. The Kier molecular flexibility index (Phi) is 7.29. The predicted molar refractivity (Wildman–Crippen MR) is 143 cm³/mol. The van der Waals surface area contributed by atoms with Crippen LogP contribution in [0.1, 0.15) is 12.5 Å². The van der Waals surface area contributed by atoms with Gasteiger partial charge in [-0.15, -0.1) is 0 Å². The molecule has 1 fully saturated rings. The van der Waals surface area contributed by atoms with Crippen LogP contribution in [0.25, 0.3) is 17.0 Å². The Morgan fingerprint density at radius 2 is 1.67 bits per heavy atom. The third-order valence-corrected chi connectivity index (χ3v) is 6.94. The number of para-hydroxylation sites is 2. The van der Waals surface area contributed by atoms with Crippen LogP contribution in [0, 0.1) is 0 Å². The van der Waals surface area contributed by atoms with Crippen molar-refractivity contribution in [2.45, 2.75) is 19.6 Å². The highest BCUT2D eigenvalue weighted by Crippen LogP contribution is 2.28. The van der Waals surface area contributed by atoms with Crippen LogP contribution >= 0.6 is 0 Å². The number of hydrogen-bond acceptors (Lipinski definition) is 6. The molecule has 1 aromatic heterocycles. The van der Waals surface area contributed by atoms with E-state index in [1.807, 2.05) is 73.8 Å². The number of hydrogen-bond donors (Lipinski definition) is 2. The van der Waals surface area contributed by atoms with E-state index in [2.05, 4.69) is 19.5 Å².